The van der Waals surface area contributed by atoms with Gasteiger partial charge in [0.25, 0.3) is 0 Å². The summed E-state index contributed by atoms with van der Waals surface area (Å²) >= 11 is 0. The Labute approximate surface area is 256 Å². The molecule has 0 bridgehead atoms. The second-order valence-electron chi connectivity index (χ2n) is 9.72. The molecule has 0 amide bonds. The summed E-state index contributed by atoms with van der Waals surface area (Å²) in [4.78, 5) is 31.9. The molecule has 45 heavy (non-hydrogen) atoms. The predicted molar refractivity (Wildman–Crippen MR) is 135 cm³/mol. The van der Waals surface area contributed by atoms with Crippen molar-refractivity contribution in [2.24, 2.45) is 5.92 Å². The molecule has 1 aliphatic carbocycles. The van der Waals surface area contributed by atoms with Crippen molar-refractivity contribution in [1.82, 2.24) is 0 Å². The highest BCUT2D eigenvalue weighted by molar-refractivity contribution is 5.81. The van der Waals surface area contributed by atoms with Gasteiger partial charge in [-0.2, -0.15) is 4.89 Å². The second-order valence-corrected chi connectivity index (χ2v) is 9.72. The van der Waals surface area contributed by atoms with Gasteiger partial charge in [-0.05, 0) is 78.4 Å². The van der Waals surface area contributed by atoms with E-state index in [9.17, 15) is 4.79 Å². The molecule has 0 saturated heterocycles. The predicted octanol–water partition coefficient (Wildman–Crippen LogP) is 4.26. The first-order chi connectivity index (χ1) is 21.9. The van der Waals surface area contributed by atoms with Crippen LogP contribution in [0.3, 0.4) is 0 Å². The molecular formula is C26H34O19. The van der Waals surface area contributed by atoms with Crippen LogP contribution >= 0.6 is 0 Å². The van der Waals surface area contributed by atoms with Gasteiger partial charge in [-0.1, -0.05) is 50.8 Å². The average molecular weight is 651 g/mol. The maximum absolute atomic E-state index is 11.4. The third-order valence-corrected chi connectivity index (χ3v) is 6.94. The molecule has 1 aliphatic heterocycles. The van der Waals surface area contributed by atoms with E-state index in [0.29, 0.717) is 25.7 Å². The third kappa shape index (κ3) is 12.3. The number of carbonyl (C=O) groups excluding carboxylic acids is 1. The number of hydrogen-bond acceptors (Lipinski definition) is 19. The van der Waals surface area contributed by atoms with Crippen LogP contribution in [0.4, 0.5) is 0 Å². The van der Waals surface area contributed by atoms with E-state index in [1.807, 2.05) is 24.3 Å². The summed E-state index contributed by atoms with van der Waals surface area (Å²) in [5.74, 6) is -0.183. The third-order valence-electron chi connectivity index (χ3n) is 6.94. The smallest absolute Gasteiger partial charge is 0.330 e. The lowest BCUT2D eigenvalue weighted by atomic mass is 9.64. The molecule has 1 aromatic carbocycles. The first kappa shape index (κ1) is 36.4. The summed E-state index contributed by atoms with van der Waals surface area (Å²) in [6, 6.07) is 7.91. The number of ether oxygens (including phenoxy) is 2. The van der Waals surface area contributed by atoms with Crippen LogP contribution in [0, 0.1) is 5.92 Å². The number of esters is 1. The van der Waals surface area contributed by atoms with Crippen LogP contribution < -0.4 is 0 Å². The van der Waals surface area contributed by atoms with E-state index in [1.54, 1.807) is 0 Å². The molecule has 252 valence electrons. The van der Waals surface area contributed by atoms with Crippen molar-refractivity contribution in [2.75, 3.05) is 19.8 Å². The molecule has 1 spiro atoms. The standard InChI is InChI=1S/C26H34O19/c1-5-15-30-33-23-19-32-35-37-39-41-43-45-44-42-40-38-36-34-31-17-16-29-26(23)13-11-22(12-14-26)25(3,4)21-9-7-20(8-10-21)18-28-24(27)6-2/h5-10,19,22H,1-2,11-18H2,3-4H3/b23-19+. The largest absolute Gasteiger partial charge is 0.458 e. The molecule has 0 aromatic heterocycles. The van der Waals surface area contributed by atoms with E-state index < -0.39 is 11.6 Å². The van der Waals surface area contributed by atoms with E-state index >= 15 is 0 Å². The van der Waals surface area contributed by atoms with Crippen molar-refractivity contribution in [2.45, 2.75) is 57.2 Å². The maximum Gasteiger partial charge on any atom is 0.330 e. The Bertz CT molecular complexity index is 1040. The summed E-state index contributed by atoms with van der Waals surface area (Å²) in [7, 11) is 0. The van der Waals surface area contributed by atoms with Gasteiger partial charge in [-0.25, -0.2) is 9.68 Å². The van der Waals surface area contributed by atoms with Crippen molar-refractivity contribution >= 4 is 5.97 Å². The van der Waals surface area contributed by atoms with Gasteiger partial charge in [-0.3, -0.25) is 0 Å². The first-order valence-corrected chi connectivity index (χ1v) is 13.3. The van der Waals surface area contributed by atoms with Crippen LogP contribution in [0.15, 0.2) is 61.6 Å². The van der Waals surface area contributed by atoms with E-state index in [2.05, 4.69) is 87.5 Å². The van der Waals surface area contributed by atoms with Crippen molar-refractivity contribution < 1.29 is 94.3 Å². The zero-order chi connectivity index (χ0) is 32.2. The highest BCUT2D eigenvalue weighted by Gasteiger charge is 2.46. The molecule has 0 N–H and O–H groups in total. The number of carbonyl (C=O) groups is 1. The Hall–Kier alpha value is -3.09. The molecule has 2 aliphatic rings. The Balaban J connectivity index is 1.71. The van der Waals surface area contributed by atoms with Crippen LogP contribution in [0.2, 0.25) is 0 Å². The molecule has 1 fully saturated rings. The molecule has 1 aromatic rings. The number of hydrogen-bond donors (Lipinski definition) is 0. The fraction of sp³-hybridized carbons (Fsp3) is 0.500. The van der Waals surface area contributed by atoms with Gasteiger partial charge in [-0.15, -0.1) is 6.58 Å². The van der Waals surface area contributed by atoms with Gasteiger partial charge in [0.05, 0.1) is 6.61 Å². The number of benzene rings is 1. The summed E-state index contributed by atoms with van der Waals surface area (Å²) in [6.07, 6.45) is 5.91. The highest BCUT2D eigenvalue weighted by Crippen LogP contribution is 2.47. The molecule has 3 rings (SSSR count). The second kappa shape index (κ2) is 20.1. The molecule has 19 heteroatoms. The van der Waals surface area contributed by atoms with Crippen molar-refractivity contribution in [3.8, 4) is 0 Å². The fourth-order valence-electron chi connectivity index (χ4n) is 4.61. The van der Waals surface area contributed by atoms with E-state index in [-0.39, 0.29) is 43.5 Å². The molecule has 0 atom stereocenters. The highest BCUT2D eigenvalue weighted by atomic mass is 18.0. The summed E-state index contributed by atoms with van der Waals surface area (Å²) < 4.78 is 11.4. The summed E-state index contributed by atoms with van der Waals surface area (Å²) in [6.45, 7) is 11.4. The van der Waals surface area contributed by atoms with Gasteiger partial charge >= 0.3 is 5.97 Å². The molecule has 0 unspecified atom stereocenters. The average Bonchev–Trinajstić information content (AvgIpc) is 3.05. The maximum atomic E-state index is 11.4. The van der Waals surface area contributed by atoms with Gasteiger partial charge in [0.1, 0.15) is 25.4 Å². The molecular weight excluding hydrogens is 616 g/mol. The molecule has 0 radical (unpaired) electrons. The van der Waals surface area contributed by atoms with E-state index in [1.165, 1.54) is 6.08 Å². The van der Waals surface area contributed by atoms with Gasteiger partial charge in [0, 0.05) is 36.3 Å². The monoisotopic (exact) mass is 650 g/mol. The van der Waals surface area contributed by atoms with Crippen molar-refractivity contribution in [1.29, 1.82) is 0 Å². The van der Waals surface area contributed by atoms with Crippen LogP contribution in [0.25, 0.3) is 0 Å². The molecule has 19 nitrogen and oxygen atoms in total. The topological polar surface area (TPSA) is 183 Å². The zero-order valence-corrected chi connectivity index (χ0v) is 24.4. The van der Waals surface area contributed by atoms with Gasteiger partial charge in [0.15, 0.2) is 6.26 Å². The minimum atomic E-state index is -1.10. The number of rotatable bonds is 9. The Morgan fingerprint density at radius 3 is 2.09 bits per heavy atom. The minimum absolute atomic E-state index is 0.0303. The quantitative estimate of drug-likeness (QED) is 0.0921. The van der Waals surface area contributed by atoms with Crippen molar-refractivity contribution in [3.63, 3.8) is 0 Å². The van der Waals surface area contributed by atoms with Crippen LogP contribution in [-0.4, -0.2) is 31.4 Å². The first-order valence-electron chi connectivity index (χ1n) is 13.3. The normalized spacial score (nSPS) is 24.8. The van der Waals surface area contributed by atoms with Crippen LogP contribution in [-0.2, 0) is 106 Å². The SMILES string of the molecule is C=CCOO/C1=C/OOOOOOOOOOOOOOCCOC12CCC(C(C)(C)c1ccc(COC(=O)C=C)cc1)CC2. The van der Waals surface area contributed by atoms with Gasteiger partial charge in [0.2, 0.25) is 5.76 Å². The lowest BCUT2D eigenvalue weighted by Gasteiger charge is -2.45. The van der Waals surface area contributed by atoms with Crippen LogP contribution in [0.5, 0.6) is 0 Å². The minimum Gasteiger partial charge on any atom is -0.458 e. The van der Waals surface area contributed by atoms with E-state index in [0.717, 1.165) is 23.5 Å². The Morgan fingerprint density at radius 2 is 1.49 bits per heavy atom. The lowest BCUT2D eigenvalue weighted by molar-refractivity contribution is -0.874. The summed E-state index contributed by atoms with van der Waals surface area (Å²) in [5.41, 5.74) is 0.634. The fourth-order valence-corrected chi connectivity index (χ4v) is 4.61. The zero-order valence-electron chi connectivity index (χ0n) is 24.4. The Morgan fingerprint density at radius 1 is 0.889 bits per heavy atom. The lowest BCUT2D eigenvalue weighted by Crippen LogP contribution is -2.44. The van der Waals surface area contributed by atoms with Crippen molar-refractivity contribution in [3.05, 3.63) is 72.7 Å². The molecule has 1 heterocycles. The van der Waals surface area contributed by atoms with E-state index in [4.69, 9.17) is 29.0 Å². The Kier molecular flexibility index (Phi) is 16.3. The van der Waals surface area contributed by atoms with Crippen LogP contribution in [0.1, 0.15) is 50.7 Å². The molecule has 1 saturated carbocycles. The van der Waals surface area contributed by atoms with Gasteiger partial charge < -0.3 is 19.2 Å². The summed E-state index contributed by atoms with van der Waals surface area (Å²) in [5, 5.41) is 47.7.